The number of benzene rings is 1. The Labute approximate surface area is 101 Å². The summed E-state index contributed by atoms with van der Waals surface area (Å²) in [6, 6.07) is 4.56. The van der Waals surface area contributed by atoms with Gasteiger partial charge >= 0.3 is 11.7 Å². The summed E-state index contributed by atoms with van der Waals surface area (Å²) in [5.74, 6) is -1.52. The number of nitrogens with zero attached hydrogens (tertiary/aromatic N) is 1. The number of hydrogen-bond acceptors (Lipinski definition) is 5. The van der Waals surface area contributed by atoms with Gasteiger partial charge in [0.25, 0.3) is 0 Å². The number of fused-ring (bicyclic) bond motifs is 1. The molecule has 1 aromatic heterocycles. The number of rotatable bonds is 2. The average Bonchev–Trinajstić information content (AvgIpc) is 2.29. The average molecular weight is 254 g/mol. The van der Waals surface area contributed by atoms with Gasteiger partial charge in [0.15, 0.2) is 5.69 Å². The maximum absolute atomic E-state index is 11.6. The molecule has 6 heteroatoms. The third-order valence-corrected chi connectivity index (χ3v) is 2.30. The number of carbonyl (C=O) groups excluding carboxylic acids is 1. The Balaban J connectivity index is 2.71. The highest BCUT2D eigenvalue weighted by Crippen LogP contribution is 2.20. The summed E-state index contributed by atoms with van der Waals surface area (Å²) in [6.45, 7) is 1.86. The lowest BCUT2D eigenvalue weighted by Crippen LogP contribution is -2.15. The molecule has 0 fully saturated rings. The van der Waals surface area contributed by atoms with E-state index in [4.69, 9.17) is 20.8 Å². The normalized spacial score (nSPS) is 10.5. The zero-order valence-electron chi connectivity index (χ0n) is 8.90. The maximum Gasteiger partial charge on any atom is 0.439 e. The number of halogens is 1. The van der Waals surface area contributed by atoms with E-state index in [0.29, 0.717) is 10.4 Å². The summed E-state index contributed by atoms with van der Waals surface area (Å²) in [4.78, 5) is 26.3. The second-order valence-corrected chi connectivity index (χ2v) is 3.63. The first-order valence-electron chi connectivity index (χ1n) is 4.89. The highest BCUT2D eigenvalue weighted by Gasteiger charge is 2.16. The zero-order chi connectivity index (χ0) is 12.4. The minimum atomic E-state index is -0.845. The molecule has 0 N–H and O–H groups in total. The molecule has 1 heterocycles. The molecule has 0 aliphatic heterocycles. The smallest absolute Gasteiger partial charge is 0.439 e. The van der Waals surface area contributed by atoms with Crippen LogP contribution in [0, 0.1) is 0 Å². The Kier molecular flexibility index (Phi) is 3.10. The quantitative estimate of drug-likeness (QED) is 0.766. The minimum Gasteiger partial charge on any atom is -0.461 e. The second kappa shape index (κ2) is 4.55. The monoisotopic (exact) mass is 253 g/mol. The number of esters is 1. The second-order valence-electron chi connectivity index (χ2n) is 3.19. The molecule has 0 aliphatic rings. The van der Waals surface area contributed by atoms with Crippen molar-refractivity contribution in [2.75, 3.05) is 6.61 Å². The topological polar surface area (TPSA) is 69.4 Å². The Hall–Kier alpha value is -1.88. The molecule has 0 atom stereocenters. The van der Waals surface area contributed by atoms with Gasteiger partial charge in [-0.15, -0.1) is 0 Å². The van der Waals surface area contributed by atoms with Crippen molar-refractivity contribution in [2.45, 2.75) is 6.92 Å². The van der Waals surface area contributed by atoms with Crippen molar-refractivity contribution in [1.29, 1.82) is 0 Å². The third-order valence-electron chi connectivity index (χ3n) is 2.07. The van der Waals surface area contributed by atoms with Crippen LogP contribution in [0.5, 0.6) is 0 Å². The molecule has 0 saturated heterocycles. The Morgan fingerprint density at radius 1 is 1.53 bits per heavy atom. The van der Waals surface area contributed by atoms with Gasteiger partial charge in [-0.1, -0.05) is 11.6 Å². The summed E-state index contributed by atoms with van der Waals surface area (Å²) in [6.07, 6.45) is 0. The fraction of sp³-hybridized carbons (Fsp3) is 0.182. The van der Waals surface area contributed by atoms with Crippen molar-refractivity contribution in [3.05, 3.63) is 39.5 Å². The first kappa shape index (κ1) is 11.6. The number of carbonyl (C=O) groups is 1. The molecule has 0 saturated carbocycles. The highest BCUT2D eigenvalue weighted by molar-refractivity contribution is 6.31. The van der Waals surface area contributed by atoms with Crippen LogP contribution in [0.15, 0.2) is 27.4 Å². The summed E-state index contributed by atoms with van der Waals surface area (Å²) >= 11 is 5.81. The van der Waals surface area contributed by atoms with Gasteiger partial charge < -0.3 is 9.15 Å². The molecule has 2 rings (SSSR count). The molecule has 88 valence electrons. The summed E-state index contributed by atoms with van der Waals surface area (Å²) in [5.41, 5.74) is 0.165. The molecule has 0 spiro atoms. The van der Waals surface area contributed by atoms with Gasteiger partial charge in [0.05, 0.1) is 12.0 Å². The van der Waals surface area contributed by atoms with Crippen LogP contribution in [0.4, 0.5) is 0 Å². The van der Waals surface area contributed by atoms with Crippen LogP contribution >= 0.6 is 11.6 Å². The van der Waals surface area contributed by atoms with Crippen LogP contribution in [0.2, 0.25) is 5.02 Å². The van der Waals surface area contributed by atoms with Crippen LogP contribution in [0.1, 0.15) is 17.4 Å². The lowest BCUT2D eigenvalue weighted by molar-refractivity contribution is 0.0520. The fourth-order valence-corrected chi connectivity index (χ4v) is 1.57. The third kappa shape index (κ3) is 2.29. The van der Waals surface area contributed by atoms with E-state index in [-0.39, 0.29) is 17.9 Å². The summed E-state index contributed by atoms with van der Waals surface area (Å²) < 4.78 is 9.66. The predicted molar refractivity (Wildman–Crippen MR) is 61.2 cm³/mol. The van der Waals surface area contributed by atoms with Crippen molar-refractivity contribution in [3.63, 3.8) is 0 Å². The first-order valence-corrected chi connectivity index (χ1v) is 5.27. The molecule has 0 aliphatic carbocycles. The van der Waals surface area contributed by atoms with Crippen LogP contribution < -0.4 is 5.76 Å². The van der Waals surface area contributed by atoms with Crippen molar-refractivity contribution in [1.82, 2.24) is 4.98 Å². The number of aromatic nitrogens is 1. The molecule has 5 nitrogen and oxygen atoms in total. The van der Waals surface area contributed by atoms with Gasteiger partial charge in [-0.25, -0.2) is 9.59 Å². The van der Waals surface area contributed by atoms with Crippen LogP contribution in [0.25, 0.3) is 11.0 Å². The molecule has 0 unspecified atom stereocenters. The van der Waals surface area contributed by atoms with E-state index in [0.717, 1.165) is 0 Å². The number of hydrogen-bond donors (Lipinski definition) is 0. The van der Waals surface area contributed by atoms with E-state index in [1.807, 2.05) is 0 Å². The van der Waals surface area contributed by atoms with Crippen LogP contribution in [0.3, 0.4) is 0 Å². The van der Waals surface area contributed by atoms with E-state index in [1.165, 1.54) is 12.1 Å². The van der Waals surface area contributed by atoms with Gasteiger partial charge in [0.1, 0.15) is 5.58 Å². The zero-order valence-corrected chi connectivity index (χ0v) is 9.65. The Morgan fingerprint density at radius 3 is 3.00 bits per heavy atom. The standard InChI is InChI=1S/C11H8ClNO4/c1-2-16-10(14)9-7-5-6(12)3-4-8(7)17-11(15)13-9/h3-5H,2H2,1H3. The molecule has 17 heavy (non-hydrogen) atoms. The molecule has 2 aromatic rings. The van der Waals surface area contributed by atoms with Crippen molar-refractivity contribution in [3.8, 4) is 0 Å². The maximum atomic E-state index is 11.6. The van der Waals surface area contributed by atoms with Gasteiger partial charge in [-0.05, 0) is 25.1 Å². The Bertz CT molecular complexity index is 635. The molecular formula is C11H8ClNO4. The van der Waals surface area contributed by atoms with Gasteiger partial charge in [0, 0.05) is 5.02 Å². The van der Waals surface area contributed by atoms with E-state index >= 15 is 0 Å². The van der Waals surface area contributed by atoms with Gasteiger partial charge in [-0.3, -0.25) is 0 Å². The minimum absolute atomic E-state index is 0.0828. The van der Waals surface area contributed by atoms with E-state index in [1.54, 1.807) is 13.0 Å². The number of ether oxygens (including phenoxy) is 1. The summed E-state index contributed by atoms with van der Waals surface area (Å²) in [7, 11) is 0. The fourth-order valence-electron chi connectivity index (χ4n) is 1.40. The predicted octanol–water partition coefficient (Wildman–Crippen LogP) is 2.02. The summed E-state index contributed by atoms with van der Waals surface area (Å²) in [5, 5.41) is 0.772. The molecular weight excluding hydrogens is 246 g/mol. The Morgan fingerprint density at radius 2 is 2.29 bits per heavy atom. The molecule has 0 amide bonds. The highest BCUT2D eigenvalue weighted by atomic mass is 35.5. The van der Waals surface area contributed by atoms with Crippen molar-refractivity contribution < 1.29 is 13.9 Å². The van der Waals surface area contributed by atoms with Crippen molar-refractivity contribution >= 4 is 28.5 Å². The van der Waals surface area contributed by atoms with E-state index in [2.05, 4.69) is 4.98 Å². The van der Waals surface area contributed by atoms with Crippen LogP contribution in [-0.4, -0.2) is 17.6 Å². The van der Waals surface area contributed by atoms with Crippen LogP contribution in [-0.2, 0) is 4.74 Å². The lowest BCUT2D eigenvalue weighted by atomic mass is 10.2. The largest absolute Gasteiger partial charge is 0.461 e. The van der Waals surface area contributed by atoms with Gasteiger partial charge in [0.2, 0.25) is 0 Å². The molecule has 0 bridgehead atoms. The molecule has 0 radical (unpaired) electrons. The van der Waals surface area contributed by atoms with Crippen molar-refractivity contribution in [2.24, 2.45) is 0 Å². The first-order chi connectivity index (χ1) is 8.11. The SMILES string of the molecule is CCOC(=O)c1nc(=O)oc2ccc(Cl)cc12. The lowest BCUT2D eigenvalue weighted by Gasteiger charge is -2.03. The molecule has 1 aromatic carbocycles. The van der Waals surface area contributed by atoms with E-state index < -0.39 is 11.7 Å². The van der Waals surface area contributed by atoms with E-state index in [9.17, 15) is 9.59 Å². The van der Waals surface area contributed by atoms with Gasteiger partial charge in [-0.2, -0.15) is 4.98 Å².